The predicted molar refractivity (Wildman–Crippen MR) is 93.3 cm³/mol. The SMILES string of the molecule is CCn1c(=O)c2c(nc3n2C(C)=C(C)[C@@H]3CCCOC)n(C)c1=O. The highest BCUT2D eigenvalue weighted by Crippen LogP contribution is 2.40. The maximum atomic E-state index is 12.8. The van der Waals surface area contributed by atoms with E-state index < -0.39 is 0 Å². The third kappa shape index (κ3) is 2.18. The molecule has 0 bridgehead atoms. The molecule has 130 valence electrons. The Kier molecular flexibility index (Phi) is 4.21. The van der Waals surface area contributed by atoms with E-state index in [0.29, 0.717) is 24.3 Å². The summed E-state index contributed by atoms with van der Waals surface area (Å²) < 4.78 is 9.83. The molecule has 1 aliphatic rings. The standard InChI is InChI=1S/C17H24N4O3/c1-6-20-16(22)13-15(19(4)17(20)23)18-14-12(8-7-9-24-5)10(2)11(3)21(13)14/h12H,6-9H2,1-5H3/t12-/m0/s1. The number of rotatable bonds is 5. The van der Waals surface area contributed by atoms with E-state index in [0.717, 1.165) is 24.4 Å². The van der Waals surface area contributed by atoms with Gasteiger partial charge in [0, 0.05) is 38.9 Å². The minimum Gasteiger partial charge on any atom is -0.385 e. The van der Waals surface area contributed by atoms with E-state index in [4.69, 9.17) is 4.74 Å². The second kappa shape index (κ2) is 6.05. The molecule has 0 fully saturated rings. The number of hydrogen-bond acceptors (Lipinski definition) is 4. The molecular formula is C17H24N4O3. The van der Waals surface area contributed by atoms with E-state index in [2.05, 4.69) is 11.9 Å². The number of methoxy groups -OCH3 is 1. The Morgan fingerprint density at radius 2 is 1.96 bits per heavy atom. The van der Waals surface area contributed by atoms with Gasteiger partial charge < -0.3 is 4.74 Å². The molecule has 7 nitrogen and oxygen atoms in total. The highest BCUT2D eigenvalue weighted by molar-refractivity contribution is 5.79. The van der Waals surface area contributed by atoms with E-state index >= 15 is 0 Å². The molecule has 3 rings (SSSR count). The van der Waals surface area contributed by atoms with Crippen molar-refractivity contribution in [2.75, 3.05) is 13.7 Å². The van der Waals surface area contributed by atoms with Crippen LogP contribution >= 0.6 is 0 Å². The molecule has 0 spiro atoms. The number of hydrogen-bond donors (Lipinski definition) is 0. The smallest absolute Gasteiger partial charge is 0.332 e. The van der Waals surface area contributed by atoms with E-state index in [1.807, 2.05) is 11.5 Å². The maximum Gasteiger partial charge on any atom is 0.332 e. The number of nitrogens with zero attached hydrogens (tertiary/aromatic N) is 4. The van der Waals surface area contributed by atoms with Crippen molar-refractivity contribution < 1.29 is 4.74 Å². The van der Waals surface area contributed by atoms with Crippen LogP contribution in [0.1, 0.15) is 45.4 Å². The van der Waals surface area contributed by atoms with E-state index in [1.165, 1.54) is 14.7 Å². The average Bonchev–Trinajstić information content (AvgIpc) is 3.05. The van der Waals surface area contributed by atoms with Crippen LogP contribution in [0.25, 0.3) is 16.9 Å². The third-order valence-electron chi connectivity index (χ3n) is 5.07. The highest BCUT2D eigenvalue weighted by atomic mass is 16.5. The van der Waals surface area contributed by atoms with E-state index in [-0.39, 0.29) is 17.2 Å². The molecule has 1 atom stereocenters. The lowest BCUT2D eigenvalue weighted by molar-refractivity contribution is 0.191. The van der Waals surface area contributed by atoms with Crippen molar-refractivity contribution in [2.24, 2.45) is 7.05 Å². The van der Waals surface area contributed by atoms with Gasteiger partial charge in [-0.05, 0) is 39.2 Å². The van der Waals surface area contributed by atoms with Gasteiger partial charge in [0.25, 0.3) is 5.56 Å². The van der Waals surface area contributed by atoms with Crippen LogP contribution in [-0.2, 0) is 18.3 Å². The summed E-state index contributed by atoms with van der Waals surface area (Å²) >= 11 is 0. The molecule has 0 saturated carbocycles. The van der Waals surface area contributed by atoms with Crippen LogP contribution in [0.2, 0.25) is 0 Å². The first-order chi connectivity index (χ1) is 11.4. The zero-order chi connectivity index (χ0) is 17.6. The number of aromatic nitrogens is 4. The van der Waals surface area contributed by atoms with Gasteiger partial charge in [-0.1, -0.05) is 0 Å². The lowest BCUT2D eigenvalue weighted by Crippen LogP contribution is -2.39. The third-order valence-corrected chi connectivity index (χ3v) is 5.07. The van der Waals surface area contributed by atoms with Crippen LogP contribution in [0.3, 0.4) is 0 Å². The van der Waals surface area contributed by atoms with Gasteiger partial charge in [-0.15, -0.1) is 0 Å². The molecule has 7 heteroatoms. The largest absolute Gasteiger partial charge is 0.385 e. The van der Waals surface area contributed by atoms with Crippen LogP contribution in [0, 0.1) is 0 Å². The summed E-state index contributed by atoms with van der Waals surface area (Å²) in [6.45, 7) is 6.95. The highest BCUT2D eigenvalue weighted by Gasteiger charge is 2.32. The molecule has 2 aromatic heterocycles. The second-order valence-electron chi connectivity index (χ2n) is 6.32. The first kappa shape index (κ1) is 16.7. The first-order valence-corrected chi connectivity index (χ1v) is 8.32. The van der Waals surface area contributed by atoms with Crippen molar-refractivity contribution in [3.63, 3.8) is 0 Å². The normalized spacial score (nSPS) is 17.1. The molecule has 0 N–H and O–H groups in total. The minimum absolute atomic E-state index is 0.164. The summed E-state index contributed by atoms with van der Waals surface area (Å²) in [5.74, 6) is 1.02. The lowest BCUT2D eigenvalue weighted by Gasteiger charge is -2.10. The van der Waals surface area contributed by atoms with Crippen molar-refractivity contribution in [2.45, 2.75) is 46.1 Å². The first-order valence-electron chi connectivity index (χ1n) is 8.32. The van der Waals surface area contributed by atoms with E-state index in [1.54, 1.807) is 21.1 Å². The average molecular weight is 332 g/mol. The van der Waals surface area contributed by atoms with Crippen LogP contribution in [-0.4, -0.2) is 32.4 Å². The van der Waals surface area contributed by atoms with Gasteiger partial charge in [0.15, 0.2) is 11.2 Å². The fourth-order valence-electron chi connectivity index (χ4n) is 3.59. The van der Waals surface area contributed by atoms with Crippen molar-refractivity contribution in [3.8, 4) is 0 Å². The summed E-state index contributed by atoms with van der Waals surface area (Å²) in [5.41, 5.74) is 2.65. The molecule has 0 amide bonds. The molecule has 24 heavy (non-hydrogen) atoms. The van der Waals surface area contributed by atoms with Crippen LogP contribution < -0.4 is 11.2 Å². The van der Waals surface area contributed by atoms with Gasteiger partial charge in [0.2, 0.25) is 0 Å². The Hall–Kier alpha value is -2.15. The van der Waals surface area contributed by atoms with Gasteiger partial charge in [0.1, 0.15) is 5.82 Å². The molecule has 0 radical (unpaired) electrons. The number of aryl methyl sites for hydroxylation is 1. The molecule has 1 aliphatic heterocycles. The minimum atomic E-state index is -0.318. The fraction of sp³-hybridized carbons (Fsp3) is 0.588. The van der Waals surface area contributed by atoms with Crippen LogP contribution in [0.4, 0.5) is 0 Å². The quantitative estimate of drug-likeness (QED) is 0.781. The van der Waals surface area contributed by atoms with Gasteiger partial charge >= 0.3 is 5.69 Å². The Bertz CT molecular complexity index is 945. The number of ether oxygens (including phenoxy) is 1. The Morgan fingerprint density at radius 1 is 1.25 bits per heavy atom. The number of fused-ring (bicyclic) bond motifs is 3. The van der Waals surface area contributed by atoms with Crippen LogP contribution in [0.5, 0.6) is 0 Å². The molecule has 2 aromatic rings. The van der Waals surface area contributed by atoms with Gasteiger partial charge in [-0.25, -0.2) is 9.78 Å². The van der Waals surface area contributed by atoms with Crippen molar-refractivity contribution in [3.05, 3.63) is 32.2 Å². The summed E-state index contributed by atoms with van der Waals surface area (Å²) in [7, 11) is 3.37. The zero-order valence-corrected chi connectivity index (χ0v) is 14.9. The molecular weight excluding hydrogens is 308 g/mol. The zero-order valence-electron chi connectivity index (χ0n) is 14.9. The molecule has 3 heterocycles. The van der Waals surface area contributed by atoms with Gasteiger partial charge in [-0.3, -0.25) is 18.5 Å². The lowest BCUT2D eigenvalue weighted by atomic mass is 9.96. The summed E-state index contributed by atoms with van der Waals surface area (Å²) in [6, 6.07) is 0. The van der Waals surface area contributed by atoms with Gasteiger partial charge in [0.05, 0.1) is 0 Å². The summed E-state index contributed by atoms with van der Waals surface area (Å²) in [4.78, 5) is 29.8. The topological polar surface area (TPSA) is 71.0 Å². The van der Waals surface area contributed by atoms with Crippen LogP contribution in [0.15, 0.2) is 15.2 Å². The Labute approximate surface area is 140 Å². The Morgan fingerprint density at radius 3 is 2.58 bits per heavy atom. The monoisotopic (exact) mass is 332 g/mol. The second-order valence-corrected chi connectivity index (χ2v) is 6.32. The summed E-state index contributed by atoms with van der Waals surface area (Å²) in [5, 5.41) is 0. The van der Waals surface area contributed by atoms with Crippen molar-refractivity contribution in [1.29, 1.82) is 0 Å². The van der Waals surface area contributed by atoms with Crippen molar-refractivity contribution >= 4 is 16.9 Å². The molecule has 0 saturated heterocycles. The molecule has 0 aliphatic carbocycles. The van der Waals surface area contributed by atoms with Gasteiger partial charge in [-0.2, -0.15) is 0 Å². The molecule has 0 aromatic carbocycles. The predicted octanol–water partition coefficient (Wildman–Crippen LogP) is 1.69. The fourth-order valence-corrected chi connectivity index (χ4v) is 3.59. The number of imidazole rings is 1. The number of allylic oxidation sites excluding steroid dienone is 2. The molecule has 0 unspecified atom stereocenters. The summed E-state index contributed by atoms with van der Waals surface area (Å²) in [6.07, 6.45) is 1.84. The van der Waals surface area contributed by atoms with E-state index in [9.17, 15) is 9.59 Å². The van der Waals surface area contributed by atoms with Crippen molar-refractivity contribution in [1.82, 2.24) is 18.7 Å². The Balaban J connectivity index is 2.27. The maximum absolute atomic E-state index is 12.8.